The predicted molar refractivity (Wildman–Crippen MR) is 162 cm³/mol. The number of anilines is 2. The van der Waals surface area contributed by atoms with Crippen LogP contribution in [0.25, 0.3) is 0 Å². The van der Waals surface area contributed by atoms with Crippen molar-refractivity contribution >= 4 is 29.3 Å². The molecule has 0 bridgehead atoms. The van der Waals surface area contributed by atoms with Crippen molar-refractivity contribution in [1.29, 1.82) is 0 Å². The van der Waals surface area contributed by atoms with Gasteiger partial charge >= 0.3 is 6.09 Å². The van der Waals surface area contributed by atoms with E-state index in [4.69, 9.17) is 4.74 Å². The van der Waals surface area contributed by atoms with Crippen molar-refractivity contribution < 1.29 is 19.1 Å². The molecule has 1 aromatic heterocycles. The van der Waals surface area contributed by atoms with Crippen LogP contribution in [0.4, 0.5) is 16.2 Å². The molecular formula is C33H34N6O4. The number of carbonyl (C=O) groups is 3. The summed E-state index contributed by atoms with van der Waals surface area (Å²) < 4.78 is 7.00. The van der Waals surface area contributed by atoms with Gasteiger partial charge in [0.2, 0.25) is 5.91 Å². The largest absolute Gasteiger partial charge is 0.445 e. The number of alkyl carbamates (subject to hydrolysis) is 1. The van der Waals surface area contributed by atoms with E-state index in [0.29, 0.717) is 37.4 Å². The lowest BCUT2D eigenvalue weighted by atomic mass is 10.0. The van der Waals surface area contributed by atoms with Crippen LogP contribution in [0.1, 0.15) is 39.9 Å². The number of rotatable bonds is 8. The molecule has 0 saturated carbocycles. The zero-order valence-corrected chi connectivity index (χ0v) is 23.8. The zero-order chi connectivity index (χ0) is 29.6. The molecule has 0 unspecified atom stereocenters. The van der Waals surface area contributed by atoms with Gasteiger partial charge in [-0.1, -0.05) is 48.5 Å². The van der Waals surface area contributed by atoms with Crippen LogP contribution in [-0.2, 0) is 35.8 Å². The summed E-state index contributed by atoms with van der Waals surface area (Å²) in [6, 6.07) is 24.8. The summed E-state index contributed by atoms with van der Waals surface area (Å²) in [6.45, 7) is 2.89. The first-order valence-corrected chi connectivity index (χ1v) is 14.5. The van der Waals surface area contributed by atoms with Gasteiger partial charge in [0.1, 0.15) is 13.2 Å². The summed E-state index contributed by atoms with van der Waals surface area (Å²) in [6.07, 6.45) is 4.51. The monoisotopic (exact) mass is 578 g/mol. The third-order valence-electron chi connectivity index (χ3n) is 7.91. The molecule has 43 heavy (non-hydrogen) atoms. The Labute approximate surface area is 250 Å². The number of ether oxygens (including phenoxy) is 1. The topological polar surface area (TPSA) is 109 Å². The van der Waals surface area contributed by atoms with Crippen molar-refractivity contribution in [2.45, 2.75) is 45.1 Å². The van der Waals surface area contributed by atoms with Crippen LogP contribution in [0.15, 0.2) is 91.3 Å². The number of nitrogens with zero attached hydrogens (tertiary/aromatic N) is 4. The number of para-hydroxylation sites is 1. The Bertz CT molecular complexity index is 1580. The van der Waals surface area contributed by atoms with Crippen LogP contribution < -0.4 is 15.5 Å². The Morgan fingerprint density at radius 1 is 0.884 bits per heavy atom. The molecule has 10 heteroatoms. The molecule has 3 amide bonds. The normalized spacial score (nSPS) is 14.7. The van der Waals surface area contributed by atoms with Gasteiger partial charge in [-0.05, 0) is 59.9 Å². The average Bonchev–Trinajstić information content (AvgIpc) is 3.71. The lowest BCUT2D eigenvalue weighted by Gasteiger charge is -2.34. The molecule has 3 heterocycles. The van der Waals surface area contributed by atoms with E-state index < -0.39 is 6.09 Å². The molecule has 0 spiro atoms. The number of amides is 3. The van der Waals surface area contributed by atoms with Crippen molar-refractivity contribution in [2.24, 2.45) is 0 Å². The highest BCUT2D eigenvalue weighted by Gasteiger charge is 2.26. The molecule has 220 valence electrons. The quantitative estimate of drug-likeness (QED) is 0.317. The van der Waals surface area contributed by atoms with Gasteiger partial charge in [-0.15, -0.1) is 0 Å². The Morgan fingerprint density at radius 2 is 1.65 bits per heavy atom. The number of hydrogen-bond acceptors (Lipinski definition) is 6. The highest BCUT2D eigenvalue weighted by Crippen LogP contribution is 2.28. The van der Waals surface area contributed by atoms with Crippen LogP contribution in [-0.4, -0.2) is 51.7 Å². The van der Waals surface area contributed by atoms with E-state index in [-0.39, 0.29) is 31.0 Å². The summed E-state index contributed by atoms with van der Waals surface area (Å²) in [5.41, 5.74) is 5.19. The third-order valence-corrected chi connectivity index (χ3v) is 7.91. The molecule has 0 aliphatic carbocycles. The Morgan fingerprint density at radius 3 is 2.44 bits per heavy atom. The molecule has 1 saturated heterocycles. The highest BCUT2D eigenvalue weighted by atomic mass is 16.5. The third kappa shape index (κ3) is 6.86. The Hall–Kier alpha value is -5.12. The lowest BCUT2D eigenvalue weighted by Crippen LogP contribution is -2.45. The summed E-state index contributed by atoms with van der Waals surface area (Å²) in [4.78, 5) is 42.5. The van der Waals surface area contributed by atoms with E-state index in [9.17, 15) is 14.4 Å². The molecular weight excluding hydrogens is 544 g/mol. The van der Waals surface area contributed by atoms with Crippen LogP contribution in [0, 0.1) is 0 Å². The van der Waals surface area contributed by atoms with Crippen LogP contribution in [0.2, 0.25) is 0 Å². The van der Waals surface area contributed by atoms with Crippen LogP contribution in [0.5, 0.6) is 0 Å². The second-order valence-electron chi connectivity index (χ2n) is 10.9. The number of piperidine rings is 1. The van der Waals surface area contributed by atoms with E-state index in [1.54, 1.807) is 28.0 Å². The van der Waals surface area contributed by atoms with E-state index in [2.05, 4.69) is 20.6 Å². The average molecular weight is 579 g/mol. The lowest BCUT2D eigenvalue weighted by molar-refractivity contribution is -0.132. The van der Waals surface area contributed by atoms with Crippen molar-refractivity contribution in [2.75, 3.05) is 23.3 Å². The fourth-order valence-electron chi connectivity index (χ4n) is 5.62. The first-order chi connectivity index (χ1) is 21.0. The number of hydrogen-bond donors (Lipinski definition) is 2. The minimum absolute atomic E-state index is 0.00228. The van der Waals surface area contributed by atoms with E-state index in [1.165, 1.54) is 0 Å². The number of fused-ring (bicyclic) bond motifs is 1. The van der Waals surface area contributed by atoms with Gasteiger partial charge < -0.3 is 25.2 Å². The first kappa shape index (κ1) is 28.0. The molecule has 0 atom stereocenters. The fourth-order valence-corrected chi connectivity index (χ4v) is 5.62. The van der Waals surface area contributed by atoms with Gasteiger partial charge in [0.05, 0.1) is 5.56 Å². The van der Waals surface area contributed by atoms with Crippen LogP contribution in [0.3, 0.4) is 0 Å². The van der Waals surface area contributed by atoms with E-state index >= 15 is 0 Å². The standard InChI is InChI=1S/C33H34N6O4/c40-31(22-39-16-6-15-34-39)38-20-25-11-12-28(19-26(25)21-38)35-32(41)29-9-4-5-10-30(29)37-17-13-27(14-18-37)36-33(42)43-23-24-7-2-1-3-8-24/h1-12,15-16,19,27H,13-14,17-18,20-23H2,(H,35,41)(H,36,42). The Balaban J connectivity index is 1.02. The maximum Gasteiger partial charge on any atom is 0.407 e. The fraction of sp³-hybridized carbons (Fsp3) is 0.273. The van der Waals surface area contributed by atoms with Crippen molar-refractivity contribution in [3.63, 3.8) is 0 Å². The molecule has 2 aliphatic heterocycles. The van der Waals surface area contributed by atoms with Gasteiger partial charge in [-0.25, -0.2) is 4.79 Å². The van der Waals surface area contributed by atoms with Gasteiger partial charge in [-0.2, -0.15) is 5.10 Å². The second-order valence-corrected chi connectivity index (χ2v) is 10.9. The number of benzene rings is 3. The highest BCUT2D eigenvalue weighted by molar-refractivity contribution is 6.08. The van der Waals surface area contributed by atoms with E-state index in [0.717, 1.165) is 35.2 Å². The van der Waals surface area contributed by atoms with Gasteiger partial charge in [0.15, 0.2) is 0 Å². The summed E-state index contributed by atoms with van der Waals surface area (Å²) in [5, 5.41) is 10.2. The van der Waals surface area contributed by atoms with Crippen molar-refractivity contribution in [1.82, 2.24) is 20.0 Å². The molecule has 4 aromatic rings. The van der Waals surface area contributed by atoms with Crippen LogP contribution >= 0.6 is 0 Å². The minimum Gasteiger partial charge on any atom is -0.445 e. The zero-order valence-electron chi connectivity index (χ0n) is 23.8. The van der Waals surface area contributed by atoms with E-state index in [1.807, 2.05) is 72.8 Å². The minimum atomic E-state index is -0.415. The SMILES string of the molecule is O=C(NC1CCN(c2ccccc2C(=O)Nc2ccc3c(c2)CN(C(=O)Cn2cccn2)C3)CC1)OCc1ccccc1. The molecule has 3 aromatic carbocycles. The molecule has 6 rings (SSSR count). The van der Waals surface area contributed by atoms with Gasteiger partial charge in [0.25, 0.3) is 5.91 Å². The number of nitrogens with one attached hydrogen (secondary N) is 2. The Kier molecular flexibility index (Phi) is 8.35. The molecule has 2 aliphatic rings. The molecule has 10 nitrogen and oxygen atoms in total. The summed E-state index contributed by atoms with van der Waals surface area (Å²) in [7, 11) is 0. The van der Waals surface area contributed by atoms with Crippen molar-refractivity contribution in [3.8, 4) is 0 Å². The second kappa shape index (κ2) is 12.8. The predicted octanol–water partition coefficient (Wildman–Crippen LogP) is 4.57. The number of carbonyl (C=O) groups excluding carboxylic acids is 3. The van der Waals surface area contributed by atoms with Gasteiger partial charge in [0, 0.05) is 56.0 Å². The smallest absolute Gasteiger partial charge is 0.407 e. The van der Waals surface area contributed by atoms with Gasteiger partial charge in [-0.3, -0.25) is 14.3 Å². The maximum atomic E-state index is 13.4. The van der Waals surface area contributed by atoms with Crippen molar-refractivity contribution in [3.05, 3.63) is 114 Å². The summed E-state index contributed by atoms with van der Waals surface area (Å²) in [5.74, 6) is -0.188. The molecule has 2 N–H and O–H groups in total. The molecule has 0 radical (unpaired) electrons. The maximum absolute atomic E-state index is 13.4. The first-order valence-electron chi connectivity index (χ1n) is 14.5. The number of aromatic nitrogens is 2. The molecule has 1 fully saturated rings. The summed E-state index contributed by atoms with van der Waals surface area (Å²) >= 11 is 0.